The maximum atomic E-state index is 11.7. The number of halogens is 1. The van der Waals surface area contributed by atoms with Gasteiger partial charge in [-0.1, -0.05) is 17.7 Å². The monoisotopic (exact) mass is 294 g/mol. The van der Waals surface area contributed by atoms with Gasteiger partial charge in [-0.3, -0.25) is 4.79 Å². The molecule has 0 aliphatic heterocycles. The van der Waals surface area contributed by atoms with E-state index in [9.17, 15) is 4.79 Å². The summed E-state index contributed by atoms with van der Waals surface area (Å²) >= 11 is 7.45. The van der Waals surface area contributed by atoms with E-state index in [1.807, 2.05) is 37.3 Å². The fourth-order valence-electron chi connectivity index (χ4n) is 1.84. The van der Waals surface area contributed by atoms with Crippen molar-refractivity contribution in [3.8, 4) is 0 Å². The molecule has 0 saturated heterocycles. The molecule has 19 heavy (non-hydrogen) atoms. The van der Waals surface area contributed by atoms with Crippen LogP contribution in [0.25, 0.3) is 0 Å². The zero-order valence-electron chi connectivity index (χ0n) is 10.8. The molecule has 1 aromatic carbocycles. The van der Waals surface area contributed by atoms with E-state index in [1.54, 1.807) is 18.4 Å². The molecular weight excluding hydrogens is 280 g/mol. The van der Waals surface area contributed by atoms with Crippen LogP contribution in [0, 0.1) is 6.92 Å². The van der Waals surface area contributed by atoms with Crippen LogP contribution in [-0.2, 0) is 6.54 Å². The summed E-state index contributed by atoms with van der Waals surface area (Å²) in [7, 11) is 1.63. The number of benzene rings is 1. The van der Waals surface area contributed by atoms with Crippen molar-refractivity contribution in [2.45, 2.75) is 13.5 Å². The van der Waals surface area contributed by atoms with Crippen molar-refractivity contribution in [1.82, 2.24) is 5.32 Å². The summed E-state index contributed by atoms with van der Waals surface area (Å²) < 4.78 is 0.785. The van der Waals surface area contributed by atoms with Crippen molar-refractivity contribution in [1.29, 1.82) is 0 Å². The first kappa shape index (κ1) is 13.9. The van der Waals surface area contributed by atoms with Crippen molar-refractivity contribution in [3.05, 3.63) is 50.7 Å². The normalized spacial score (nSPS) is 10.3. The van der Waals surface area contributed by atoms with E-state index in [2.05, 4.69) is 10.6 Å². The molecular formula is C14H15ClN2OS. The Kier molecular flexibility index (Phi) is 4.45. The highest BCUT2D eigenvalue weighted by atomic mass is 35.5. The number of carbonyl (C=O) groups is 1. The predicted molar refractivity (Wildman–Crippen MR) is 81.2 cm³/mol. The Bertz CT molecular complexity index is 595. The summed E-state index contributed by atoms with van der Waals surface area (Å²) in [6.07, 6.45) is 0. The Morgan fingerprint density at radius 3 is 2.74 bits per heavy atom. The summed E-state index contributed by atoms with van der Waals surface area (Å²) in [5.74, 6) is -0.0691. The van der Waals surface area contributed by atoms with Crippen LogP contribution in [0.2, 0.25) is 4.34 Å². The molecule has 5 heteroatoms. The van der Waals surface area contributed by atoms with Crippen molar-refractivity contribution >= 4 is 34.5 Å². The highest BCUT2D eigenvalue weighted by molar-refractivity contribution is 7.16. The lowest BCUT2D eigenvalue weighted by atomic mass is 10.1. The lowest BCUT2D eigenvalue weighted by Gasteiger charge is -2.12. The van der Waals surface area contributed by atoms with Crippen LogP contribution in [0.4, 0.5) is 5.69 Å². The second-order valence-corrected chi connectivity index (χ2v) is 5.92. The Balaban J connectivity index is 2.14. The van der Waals surface area contributed by atoms with E-state index >= 15 is 0 Å². The molecule has 0 atom stereocenters. The third-order valence-corrected chi connectivity index (χ3v) is 4.12. The lowest BCUT2D eigenvalue weighted by molar-refractivity contribution is 0.0962. The first-order valence-corrected chi connectivity index (χ1v) is 7.11. The number of thiophene rings is 1. The van der Waals surface area contributed by atoms with E-state index in [0.29, 0.717) is 12.1 Å². The Hall–Kier alpha value is -1.52. The largest absolute Gasteiger partial charge is 0.380 e. The zero-order valence-corrected chi connectivity index (χ0v) is 12.4. The van der Waals surface area contributed by atoms with Gasteiger partial charge in [-0.15, -0.1) is 11.3 Å². The van der Waals surface area contributed by atoms with Crippen LogP contribution in [-0.4, -0.2) is 13.0 Å². The van der Waals surface area contributed by atoms with Gasteiger partial charge in [-0.2, -0.15) is 0 Å². The minimum Gasteiger partial charge on any atom is -0.380 e. The third-order valence-electron chi connectivity index (χ3n) is 2.89. The number of carbonyl (C=O) groups excluding carboxylic acids is 1. The van der Waals surface area contributed by atoms with Crippen molar-refractivity contribution in [2.75, 3.05) is 12.4 Å². The van der Waals surface area contributed by atoms with Crippen LogP contribution in [0.1, 0.15) is 20.8 Å². The first-order valence-electron chi connectivity index (χ1n) is 5.91. The number of amides is 1. The topological polar surface area (TPSA) is 41.1 Å². The molecule has 0 saturated carbocycles. The second-order valence-electron chi connectivity index (χ2n) is 4.12. The summed E-state index contributed by atoms with van der Waals surface area (Å²) in [6.45, 7) is 2.64. The maximum Gasteiger partial charge on any atom is 0.251 e. The number of anilines is 1. The molecule has 2 N–H and O–H groups in total. The molecule has 0 bridgehead atoms. The number of rotatable bonds is 4. The van der Waals surface area contributed by atoms with Crippen LogP contribution >= 0.6 is 22.9 Å². The molecule has 2 aromatic rings. The smallest absolute Gasteiger partial charge is 0.251 e. The lowest BCUT2D eigenvalue weighted by Crippen LogP contribution is -2.19. The Morgan fingerprint density at radius 1 is 1.32 bits per heavy atom. The van der Waals surface area contributed by atoms with E-state index in [-0.39, 0.29) is 5.91 Å². The average molecular weight is 295 g/mol. The van der Waals surface area contributed by atoms with Crippen LogP contribution in [0.15, 0.2) is 30.3 Å². The van der Waals surface area contributed by atoms with Gasteiger partial charge >= 0.3 is 0 Å². The number of hydrogen-bond acceptors (Lipinski definition) is 3. The molecule has 3 nitrogen and oxygen atoms in total. The molecule has 0 spiro atoms. The number of hydrogen-bond donors (Lipinski definition) is 2. The van der Waals surface area contributed by atoms with E-state index in [1.165, 1.54) is 0 Å². The van der Waals surface area contributed by atoms with Gasteiger partial charge in [0.2, 0.25) is 0 Å². The summed E-state index contributed by atoms with van der Waals surface area (Å²) in [6, 6.07) is 9.55. The summed E-state index contributed by atoms with van der Waals surface area (Å²) in [5, 5.41) is 5.98. The Labute approximate surface area is 121 Å². The van der Waals surface area contributed by atoms with E-state index in [0.717, 1.165) is 20.5 Å². The molecule has 1 aromatic heterocycles. The predicted octanol–water partition coefficient (Wildman–Crippen LogP) is 3.68. The van der Waals surface area contributed by atoms with Crippen molar-refractivity contribution < 1.29 is 4.79 Å². The van der Waals surface area contributed by atoms with Gasteiger partial charge in [0.1, 0.15) is 0 Å². The molecule has 1 amide bonds. The van der Waals surface area contributed by atoms with Crippen molar-refractivity contribution in [3.63, 3.8) is 0 Å². The second kappa shape index (κ2) is 6.08. The maximum absolute atomic E-state index is 11.7. The van der Waals surface area contributed by atoms with Gasteiger partial charge in [0.25, 0.3) is 5.91 Å². The van der Waals surface area contributed by atoms with Gasteiger partial charge < -0.3 is 10.6 Å². The van der Waals surface area contributed by atoms with Crippen LogP contribution < -0.4 is 10.6 Å². The summed E-state index contributed by atoms with van der Waals surface area (Å²) in [4.78, 5) is 12.9. The fraction of sp³-hybridized carbons (Fsp3) is 0.214. The molecule has 0 unspecified atom stereocenters. The van der Waals surface area contributed by atoms with Gasteiger partial charge in [-0.25, -0.2) is 0 Å². The van der Waals surface area contributed by atoms with Gasteiger partial charge in [0.05, 0.1) is 4.34 Å². The van der Waals surface area contributed by atoms with Crippen LogP contribution in [0.5, 0.6) is 0 Å². The fourth-order valence-corrected chi connectivity index (χ4v) is 2.86. The molecule has 2 rings (SSSR count). The Morgan fingerprint density at radius 2 is 2.11 bits per heavy atom. The van der Waals surface area contributed by atoms with Gasteiger partial charge in [-0.05, 0) is 36.8 Å². The highest BCUT2D eigenvalue weighted by Gasteiger charge is 2.09. The SMILES string of the molecule is CNC(=O)c1cccc(NCc2ccc(Cl)s2)c1C. The van der Waals surface area contributed by atoms with Gasteiger partial charge in [0.15, 0.2) is 0 Å². The standard InChI is InChI=1S/C14H15ClN2OS/c1-9-11(14(18)16-2)4-3-5-12(9)17-8-10-6-7-13(15)19-10/h3-7,17H,8H2,1-2H3,(H,16,18). The summed E-state index contributed by atoms with van der Waals surface area (Å²) in [5.41, 5.74) is 2.60. The molecule has 0 radical (unpaired) electrons. The highest BCUT2D eigenvalue weighted by Crippen LogP contribution is 2.24. The average Bonchev–Trinajstić information content (AvgIpc) is 2.82. The first-order chi connectivity index (χ1) is 9.11. The molecule has 0 aliphatic rings. The molecule has 0 fully saturated rings. The molecule has 0 aliphatic carbocycles. The van der Waals surface area contributed by atoms with E-state index < -0.39 is 0 Å². The molecule has 1 heterocycles. The van der Waals surface area contributed by atoms with Crippen LogP contribution in [0.3, 0.4) is 0 Å². The third kappa shape index (κ3) is 3.28. The van der Waals surface area contributed by atoms with E-state index in [4.69, 9.17) is 11.6 Å². The van der Waals surface area contributed by atoms with Gasteiger partial charge in [0, 0.05) is 29.7 Å². The molecule has 100 valence electrons. The van der Waals surface area contributed by atoms with Crippen molar-refractivity contribution in [2.24, 2.45) is 0 Å². The quantitative estimate of drug-likeness (QED) is 0.903. The zero-order chi connectivity index (χ0) is 13.8. The minimum atomic E-state index is -0.0691. The minimum absolute atomic E-state index is 0.0691. The number of nitrogens with one attached hydrogen (secondary N) is 2.